The van der Waals surface area contributed by atoms with Crippen LogP contribution in [0.3, 0.4) is 0 Å². The number of anilines is 1. The largest absolute Gasteiger partial charge is 0.460 e. The molecule has 0 unspecified atom stereocenters. The van der Waals surface area contributed by atoms with Crippen LogP contribution in [0.25, 0.3) is 17.1 Å². The Hall–Kier alpha value is -4.14. The van der Waals surface area contributed by atoms with E-state index in [0.29, 0.717) is 28.3 Å². The van der Waals surface area contributed by atoms with Gasteiger partial charge in [-0.05, 0) is 68.8 Å². The van der Waals surface area contributed by atoms with Crippen LogP contribution >= 0.6 is 0 Å². The molecule has 0 spiro atoms. The maximum absolute atomic E-state index is 13.0. The zero-order valence-electron chi connectivity index (χ0n) is 19.3. The van der Waals surface area contributed by atoms with Crippen molar-refractivity contribution in [3.05, 3.63) is 89.5 Å². The van der Waals surface area contributed by atoms with Gasteiger partial charge < -0.3 is 10.1 Å². The predicted octanol–water partition coefficient (Wildman–Crippen LogP) is 6.30. The number of benzene rings is 3. The molecule has 0 radical (unpaired) electrons. The first kappa shape index (κ1) is 24.0. The Labute approximate surface area is 200 Å². The SMILES string of the molecule is Cc1ccccc1C(=O)Nc1ccc(-n2nc(OC(C)C)nc2-c2ccc(C(F)(F)F)cc2)cc1. The molecule has 1 heterocycles. The van der Waals surface area contributed by atoms with E-state index in [9.17, 15) is 18.0 Å². The number of amides is 1. The number of hydrogen-bond acceptors (Lipinski definition) is 4. The number of aromatic nitrogens is 3. The van der Waals surface area contributed by atoms with Gasteiger partial charge in [0.1, 0.15) is 0 Å². The molecule has 0 saturated carbocycles. The fourth-order valence-corrected chi connectivity index (χ4v) is 3.44. The minimum Gasteiger partial charge on any atom is -0.460 e. The van der Waals surface area contributed by atoms with Crippen LogP contribution in [0, 0.1) is 6.92 Å². The minimum atomic E-state index is -4.43. The van der Waals surface area contributed by atoms with Crippen LogP contribution in [0.4, 0.5) is 18.9 Å². The van der Waals surface area contributed by atoms with E-state index in [2.05, 4.69) is 15.4 Å². The van der Waals surface area contributed by atoms with Gasteiger partial charge in [0.25, 0.3) is 5.91 Å². The second-order valence-electron chi connectivity index (χ2n) is 8.19. The maximum atomic E-state index is 13.0. The van der Waals surface area contributed by atoms with E-state index < -0.39 is 11.7 Å². The summed E-state index contributed by atoms with van der Waals surface area (Å²) >= 11 is 0. The molecule has 1 N–H and O–H groups in total. The summed E-state index contributed by atoms with van der Waals surface area (Å²) in [5.41, 5.74) is 2.31. The van der Waals surface area contributed by atoms with Crippen molar-refractivity contribution in [1.82, 2.24) is 14.8 Å². The van der Waals surface area contributed by atoms with E-state index in [1.807, 2.05) is 32.9 Å². The summed E-state index contributed by atoms with van der Waals surface area (Å²) in [5.74, 6) is 0.0979. The molecule has 0 saturated heterocycles. The summed E-state index contributed by atoms with van der Waals surface area (Å²) in [6.45, 7) is 5.51. The molecule has 4 rings (SSSR count). The standard InChI is InChI=1S/C26H23F3N4O2/c1-16(2)35-25-31-23(18-8-10-19(11-9-18)26(27,28)29)33(32-25)21-14-12-20(13-15-21)30-24(34)22-7-5-4-6-17(22)3/h4-16H,1-3H3,(H,30,34). The number of nitrogens with zero attached hydrogens (tertiary/aromatic N) is 3. The molecule has 4 aromatic rings. The Kier molecular flexibility index (Phi) is 6.59. The molecule has 180 valence electrons. The van der Waals surface area contributed by atoms with E-state index in [0.717, 1.165) is 17.7 Å². The summed E-state index contributed by atoms with van der Waals surface area (Å²) in [6, 6.07) is 19.0. The van der Waals surface area contributed by atoms with Crippen molar-refractivity contribution in [2.24, 2.45) is 0 Å². The second-order valence-corrected chi connectivity index (χ2v) is 8.19. The normalized spacial score (nSPS) is 11.5. The highest BCUT2D eigenvalue weighted by Gasteiger charge is 2.30. The number of carbonyl (C=O) groups excluding carboxylic acids is 1. The number of alkyl halides is 3. The van der Waals surface area contributed by atoms with E-state index >= 15 is 0 Å². The quantitative estimate of drug-likeness (QED) is 0.352. The Bertz CT molecular complexity index is 1330. The number of halogens is 3. The molecular weight excluding hydrogens is 457 g/mol. The first-order valence-electron chi connectivity index (χ1n) is 10.9. The average Bonchev–Trinajstić information content (AvgIpc) is 3.22. The van der Waals surface area contributed by atoms with Crippen LogP contribution in [-0.2, 0) is 6.18 Å². The van der Waals surface area contributed by atoms with E-state index in [1.165, 1.54) is 16.8 Å². The zero-order valence-corrected chi connectivity index (χ0v) is 19.3. The first-order chi connectivity index (χ1) is 16.6. The van der Waals surface area contributed by atoms with Crippen LogP contribution in [0.5, 0.6) is 6.01 Å². The van der Waals surface area contributed by atoms with Crippen LogP contribution < -0.4 is 10.1 Å². The molecule has 3 aromatic carbocycles. The third-order valence-electron chi connectivity index (χ3n) is 5.16. The van der Waals surface area contributed by atoms with Crippen LogP contribution in [-0.4, -0.2) is 26.8 Å². The number of rotatable bonds is 6. The van der Waals surface area contributed by atoms with Crippen molar-refractivity contribution in [2.75, 3.05) is 5.32 Å². The molecule has 35 heavy (non-hydrogen) atoms. The highest BCUT2D eigenvalue weighted by Crippen LogP contribution is 2.31. The molecule has 0 bridgehead atoms. The van der Waals surface area contributed by atoms with Gasteiger partial charge in [-0.15, -0.1) is 5.10 Å². The van der Waals surface area contributed by atoms with Gasteiger partial charge in [0.2, 0.25) is 0 Å². The van der Waals surface area contributed by atoms with Gasteiger partial charge in [0.15, 0.2) is 5.82 Å². The first-order valence-corrected chi connectivity index (χ1v) is 10.9. The van der Waals surface area contributed by atoms with Gasteiger partial charge in [-0.2, -0.15) is 18.2 Å². The third-order valence-corrected chi connectivity index (χ3v) is 5.16. The molecule has 6 nitrogen and oxygen atoms in total. The number of carbonyl (C=O) groups is 1. The highest BCUT2D eigenvalue weighted by atomic mass is 19.4. The fourth-order valence-electron chi connectivity index (χ4n) is 3.44. The molecule has 9 heteroatoms. The summed E-state index contributed by atoms with van der Waals surface area (Å²) in [5, 5.41) is 7.25. The second kappa shape index (κ2) is 9.61. The Morgan fingerprint density at radius 2 is 1.63 bits per heavy atom. The molecule has 0 aliphatic heterocycles. The molecular formula is C26H23F3N4O2. The topological polar surface area (TPSA) is 69.0 Å². The molecule has 1 aromatic heterocycles. The van der Waals surface area contributed by atoms with Gasteiger partial charge in [0.05, 0.1) is 17.4 Å². The van der Waals surface area contributed by atoms with Crippen molar-refractivity contribution < 1.29 is 22.7 Å². The Balaban J connectivity index is 1.64. The lowest BCUT2D eigenvalue weighted by atomic mass is 10.1. The average molecular weight is 480 g/mol. The van der Waals surface area contributed by atoms with E-state index in [-0.39, 0.29) is 18.0 Å². The molecule has 0 aliphatic rings. The summed E-state index contributed by atoms with van der Waals surface area (Å²) in [7, 11) is 0. The van der Waals surface area contributed by atoms with E-state index in [4.69, 9.17) is 4.74 Å². The van der Waals surface area contributed by atoms with Gasteiger partial charge in [0, 0.05) is 16.8 Å². The number of nitrogens with one attached hydrogen (secondary N) is 1. The predicted molar refractivity (Wildman–Crippen MR) is 127 cm³/mol. The Morgan fingerprint density at radius 3 is 2.23 bits per heavy atom. The zero-order chi connectivity index (χ0) is 25.2. The molecule has 0 fully saturated rings. The van der Waals surface area contributed by atoms with Gasteiger partial charge in [-0.1, -0.05) is 30.3 Å². The minimum absolute atomic E-state index is 0.104. The summed E-state index contributed by atoms with van der Waals surface area (Å²) < 4.78 is 46.1. The lowest BCUT2D eigenvalue weighted by molar-refractivity contribution is -0.137. The van der Waals surface area contributed by atoms with Crippen molar-refractivity contribution in [3.63, 3.8) is 0 Å². The van der Waals surface area contributed by atoms with Crippen LogP contribution in [0.1, 0.15) is 35.3 Å². The lowest BCUT2D eigenvalue weighted by Gasteiger charge is -2.10. The van der Waals surface area contributed by atoms with Crippen molar-refractivity contribution in [3.8, 4) is 23.1 Å². The lowest BCUT2D eigenvalue weighted by Crippen LogP contribution is -2.13. The van der Waals surface area contributed by atoms with Gasteiger partial charge in [-0.3, -0.25) is 4.79 Å². The molecule has 1 amide bonds. The molecule has 0 atom stereocenters. The summed E-state index contributed by atoms with van der Waals surface area (Å²) in [4.78, 5) is 17.0. The van der Waals surface area contributed by atoms with Gasteiger partial charge >= 0.3 is 12.2 Å². The van der Waals surface area contributed by atoms with E-state index in [1.54, 1.807) is 36.4 Å². The highest BCUT2D eigenvalue weighted by molar-refractivity contribution is 6.05. The number of ether oxygens (including phenoxy) is 1. The maximum Gasteiger partial charge on any atom is 0.416 e. The monoisotopic (exact) mass is 480 g/mol. The van der Waals surface area contributed by atoms with Crippen molar-refractivity contribution in [1.29, 1.82) is 0 Å². The van der Waals surface area contributed by atoms with Crippen LogP contribution in [0.2, 0.25) is 0 Å². The summed E-state index contributed by atoms with van der Waals surface area (Å²) in [6.07, 6.45) is -4.62. The Morgan fingerprint density at radius 1 is 0.971 bits per heavy atom. The number of hydrogen-bond donors (Lipinski definition) is 1. The van der Waals surface area contributed by atoms with Gasteiger partial charge in [-0.25, -0.2) is 4.68 Å². The number of aryl methyl sites for hydroxylation is 1. The van der Waals surface area contributed by atoms with Crippen LogP contribution in [0.15, 0.2) is 72.8 Å². The van der Waals surface area contributed by atoms with Crippen molar-refractivity contribution in [2.45, 2.75) is 33.1 Å². The smallest absolute Gasteiger partial charge is 0.416 e. The fraction of sp³-hybridized carbons (Fsp3) is 0.192. The third kappa shape index (κ3) is 5.51. The van der Waals surface area contributed by atoms with Crippen molar-refractivity contribution >= 4 is 11.6 Å². The molecule has 0 aliphatic carbocycles.